The zero-order valence-corrected chi connectivity index (χ0v) is 10.9. The second-order valence-corrected chi connectivity index (χ2v) is 5.59. The van der Waals surface area contributed by atoms with Gasteiger partial charge in [-0.1, -0.05) is 6.42 Å². The zero-order valence-electron chi connectivity index (χ0n) is 10.9. The Morgan fingerprint density at radius 2 is 2.35 bits per heavy atom. The predicted molar refractivity (Wildman–Crippen MR) is 68.2 cm³/mol. The van der Waals surface area contributed by atoms with Gasteiger partial charge in [0, 0.05) is 31.7 Å². The third-order valence-electron chi connectivity index (χ3n) is 4.80. The Labute approximate surface area is 103 Å². The van der Waals surface area contributed by atoms with Crippen molar-refractivity contribution in [2.45, 2.75) is 44.8 Å². The van der Waals surface area contributed by atoms with Gasteiger partial charge in [-0.05, 0) is 26.2 Å². The first-order valence-corrected chi connectivity index (χ1v) is 6.90. The topological polar surface area (TPSA) is 36.9 Å². The van der Waals surface area contributed by atoms with Gasteiger partial charge >= 0.3 is 0 Å². The molecule has 2 unspecified atom stereocenters. The lowest BCUT2D eigenvalue weighted by molar-refractivity contribution is -0.168. The van der Waals surface area contributed by atoms with Crippen LogP contribution in [-0.2, 0) is 4.74 Å². The van der Waals surface area contributed by atoms with Crippen LogP contribution in [0.15, 0.2) is 4.99 Å². The van der Waals surface area contributed by atoms with Crippen LogP contribution in [0.1, 0.15) is 32.6 Å². The molecule has 2 fully saturated rings. The van der Waals surface area contributed by atoms with Crippen LogP contribution in [0.5, 0.6) is 0 Å². The van der Waals surface area contributed by atoms with E-state index in [1.165, 1.54) is 19.3 Å². The Bertz CT molecular complexity index is 325. The van der Waals surface area contributed by atoms with E-state index >= 15 is 0 Å². The number of likely N-dealkylation sites (N-methyl/N-ethyl adjacent to an activating group) is 1. The first-order chi connectivity index (χ1) is 8.26. The molecular formula is C13H23N3O. The van der Waals surface area contributed by atoms with Crippen molar-refractivity contribution in [2.24, 2.45) is 10.4 Å². The summed E-state index contributed by atoms with van der Waals surface area (Å²) < 4.78 is 5.86. The smallest absolute Gasteiger partial charge is 0.194 e. The van der Waals surface area contributed by atoms with E-state index in [0.717, 1.165) is 32.1 Å². The van der Waals surface area contributed by atoms with Gasteiger partial charge in [0.2, 0.25) is 0 Å². The van der Waals surface area contributed by atoms with Gasteiger partial charge in [0.15, 0.2) is 5.96 Å². The monoisotopic (exact) mass is 237 g/mol. The van der Waals surface area contributed by atoms with Gasteiger partial charge in [-0.25, -0.2) is 0 Å². The fourth-order valence-electron chi connectivity index (χ4n) is 3.48. The number of hydrogen-bond donors (Lipinski definition) is 1. The van der Waals surface area contributed by atoms with Gasteiger partial charge in [-0.2, -0.15) is 0 Å². The normalized spacial score (nSPS) is 34.2. The van der Waals surface area contributed by atoms with Crippen LogP contribution in [-0.4, -0.2) is 49.7 Å². The molecule has 17 heavy (non-hydrogen) atoms. The number of rotatable bonds is 3. The molecule has 3 aliphatic rings. The molecule has 1 aliphatic heterocycles. The van der Waals surface area contributed by atoms with E-state index < -0.39 is 0 Å². The molecule has 4 heteroatoms. The molecular weight excluding hydrogens is 214 g/mol. The average molecular weight is 237 g/mol. The van der Waals surface area contributed by atoms with Crippen molar-refractivity contribution in [3.63, 3.8) is 0 Å². The summed E-state index contributed by atoms with van der Waals surface area (Å²) in [5, 5.41) is 3.64. The second kappa shape index (κ2) is 4.16. The molecule has 1 heterocycles. The zero-order chi connectivity index (χ0) is 11.9. The van der Waals surface area contributed by atoms with Gasteiger partial charge in [-0.3, -0.25) is 4.99 Å². The molecule has 0 bridgehead atoms. The number of hydrogen-bond acceptors (Lipinski definition) is 4. The van der Waals surface area contributed by atoms with E-state index in [9.17, 15) is 0 Å². The summed E-state index contributed by atoms with van der Waals surface area (Å²) in [5.41, 5.74) is 0.433. The maximum Gasteiger partial charge on any atom is 0.194 e. The average Bonchev–Trinajstić information content (AvgIpc) is 2.60. The highest BCUT2D eigenvalue weighted by molar-refractivity contribution is 5.81. The van der Waals surface area contributed by atoms with Crippen LogP contribution in [0.2, 0.25) is 0 Å². The van der Waals surface area contributed by atoms with Crippen LogP contribution in [0, 0.1) is 5.41 Å². The molecule has 2 aliphatic carbocycles. The first kappa shape index (κ1) is 11.3. The quantitative estimate of drug-likeness (QED) is 0.802. The lowest BCUT2D eigenvalue weighted by Gasteiger charge is -2.61. The van der Waals surface area contributed by atoms with Gasteiger partial charge < -0.3 is 15.0 Å². The number of ether oxygens (including phenoxy) is 1. The molecule has 0 amide bonds. The van der Waals surface area contributed by atoms with Crippen molar-refractivity contribution in [2.75, 3.05) is 26.7 Å². The van der Waals surface area contributed by atoms with Crippen molar-refractivity contribution in [1.82, 2.24) is 10.2 Å². The van der Waals surface area contributed by atoms with E-state index in [4.69, 9.17) is 4.74 Å². The van der Waals surface area contributed by atoms with Crippen molar-refractivity contribution < 1.29 is 4.74 Å². The van der Waals surface area contributed by atoms with Crippen LogP contribution in [0.25, 0.3) is 0 Å². The molecule has 0 aromatic carbocycles. The molecule has 2 saturated carbocycles. The van der Waals surface area contributed by atoms with Crippen LogP contribution in [0.4, 0.5) is 0 Å². The molecule has 96 valence electrons. The molecule has 3 rings (SSSR count). The lowest BCUT2D eigenvalue weighted by Crippen LogP contribution is -2.68. The van der Waals surface area contributed by atoms with Crippen molar-refractivity contribution in [3.8, 4) is 0 Å². The lowest BCUT2D eigenvalue weighted by atomic mass is 9.51. The van der Waals surface area contributed by atoms with E-state index in [-0.39, 0.29) is 0 Å². The van der Waals surface area contributed by atoms with Crippen LogP contribution < -0.4 is 5.32 Å². The van der Waals surface area contributed by atoms with Crippen molar-refractivity contribution in [1.29, 1.82) is 0 Å². The highest BCUT2D eigenvalue weighted by Crippen LogP contribution is 2.57. The minimum absolute atomic E-state index is 0.433. The van der Waals surface area contributed by atoms with Gasteiger partial charge in [-0.15, -0.1) is 0 Å². The minimum Gasteiger partial charge on any atom is -0.378 e. The highest BCUT2D eigenvalue weighted by atomic mass is 16.5. The third-order valence-corrected chi connectivity index (χ3v) is 4.80. The van der Waals surface area contributed by atoms with E-state index in [0.29, 0.717) is 17.6 Å². The molecule has 1 spiro atoms. The Kier molecular flexibility index (Phi) is 2.77. The predicted octanol–water partition coefficient (Wildman–Crippen LogP) is 1.23. The Morgan fingerprint density at radius 3 is 2.88 bits per heavy atom. The van der Waals surface area contributed by atoms with Crippen molar-refractivity contribution in [3.05, 3.63) is 0 Å². The summed E-state index contributed by atoms with van der Waals surface area (Å²) in [6.45, 7) is 4.94. The third kappa shape index (κ3) is 1.65. The van der Waals surface area contributed by atoms with Crippen molar-refractivity contribution >= 4 is 5.96 Å². The van der Waals surface area contributed by atoms with Gasteiger partial charge in [0.05, 0.1) is 12.6 Å². The minimum atomic E-state index is 0.433. The van der Waals surface area contributed by atoms with E-state index in [1.54, 1.807) is 0 Å². The number of nitrogens with zero attached hydrogens (tertiary/aromatic N) is 2. The van der Waals surface area contributed by atoms with Crippen LogP contribution in [0.3, 0.4) is 0 Å². The SMILES string of the molecule is CCOC1CC(NC2=NCCN2C)C12CCC2. The highest BCUT2D eigenvalue weighted by Gasteiger charge is 2.59. The summed E-state index contributed by atoms with van der Waals surface area (Å²) in [5.74, 6) is 1.09. The molecule has 4 nitrogen and oxygen atoms in total. The summed E-state index contributed by atoms with van der Waals surface area (Å²) in [4.78, 5) is 6.75. The summed E-state index contributed by atoms with van der Waals surface area (Å²) in [7, 11) is 2.12. The molecule has 0 saturated heterocycles. The Hall–Kier alpha value is -0.770. The molecule has 0 radical (unpaired) electrons. The Balaban J connectivity index is 1.62. The fraction of sp³-hybridized carbons (Fsp3) is 0.923. The summed E-state index contributed by atoms with van der Waals surface area (Å²) >= 11 is 0. The summed E-state index contributed by atoms with van der Waals surface area (Å²) in [6, 6.07) is 0.590. The van der Waals surface area contributed by atoms with E-state index in [1.807, 2.05) is 0 Å². The maximum absolute atomic E-state index is 5.86. The van der Waals surface area contributed by atoms with Gasteiger partial charge in [0.1, 0.15) is 0 Å². The van der Waals surface area contributed by atoms with Gasteiger partial charge in [0.25, 0.3) is 0 Å². The standard InChI is InChI=1S/C13H23N3O/c1-3-17-11-9-10(13(11)5-4-6-13)15-12-14-7-8-16(12)2/h10-11H,3-9H2,1-2H3,(H,14,15). The largest absolute Gasteiger partial charge is 0.378 e. The molecule has 1 N–H and O–H groups in total. The number of aliphatic imine (C=N–C) groups is 1. The maximum atomic E-state index is 5.86. The van der Waals surface area contributed by atoms with E-state index in [2.05, 4.69) is 29.2 Å². The Morgan fingerprint density at radius 1 is 1.53 bits per heavy atom. The van der Waals surface area contributed by atoms with Crippen LogP contribution >= 0.6 is 0 Å². The molecule has 0 aromatic rings. The number of nitrogens with one attached hydrogen (secondary N) is 1. The second-order valence-electron chi connectivity index (χ2n) is 5.59. The summed E-state index contributed by atoms with van der Waals surface area (Å²) in [6.07, 6.45) is 5.66. The number of guanidine groups is 1. The molecule has 0 aromatic heterocycles. The fourth-order valence-corrected chi connectivity index (χ4v) is 3.48. The first-order valence-electron chi connectivity index (χ1n) is 6.90. The molecule has 2 atom stereocenters.